The first-order chi connectivity index (χ1) is 9.74. The quantitative estimate of drug-likeness (QED) is 0.815. The molecule has 0 aromatic heterocycles. The van der Waals surface area contributed by atoms with Crippen LogP contribution >= 0.6 is 0 Å². The lowest BCUT2D eigenvalue weighted by Gasteiger charge is -2.24. The molecule has 4 heteroatoms. The van der Waals surface area contributed by atoms with Gasteiger partial charge in [0.05, 0.1) is 19.8 Å². The highest BCUT2D eigenvalue weighted by atomic mass is 19.1. The third kappa shape index (κ3) is 3.93. The summed E-state index contributed by atoms with van der Waals surface area (Å²) in [5.41, 5.74) is 0.773. The number of hydrogen-bond donors (Lipinski definition) is 2. The van der Waals surface area contributed by atoms with Gasteiger partial charge >= 0.3 is 0 Å². The minimum atomic E-state index is -0.383. The Kier molecular flexibility index (Phi) is 5.80. The Bertz CT molecular complexity index is 417. The maximum absolute atomic E-state index is 13.8. The Morgan fingerprint density at radius 2 is 2.00 bits per heavy atom. The first kappa shape index (κ1) is 15.3. The molecular weight excluding hydrogens is 257 g/mol. The monoisotopic (exact) mass is 281 g/mol. The molecule has 1 aliphatic rings. The van der Waals surface area contributed by atoms with Crippen molar-refractivity contribution >= 4 is 0 Å². The molecule has 1 atom stereocenters. The van der Waals surface area contributed by atoms with Gasteiger partial charge in [-0.3, -0.25) is 0 Å². The first-order valence-corrected chi connectivity index (χ1v) is 7.45. The fourth-order valence-electron chi connectivity index (χ4n) is 2.88. The molecule has 0 spiro atoms. The van der Waals surface area contributed by atoms with E-state index < -0.39 is 0 Å². The van der Waals surface area contributed by atoms with Gasteiger partial charge in [0.2, 0.25) is 0 Å². The smallest absolute Gasteiger partial charge is 0.165 e. The third-order valence-corrected chi connectivity index (χ3v) is 4.05. The van der Waals surface area contributed by atoms with Crippen molar-refractivity contribution < 1.29 is 14.2 Å². The minimum absolute atomic E-state index is 0.0255. The second kappa shape index (κ2) is 7.60. The van der Waals surface area contributed by atoms with Crippen molar-refractivity contribution in [2.45, 2.75) is 50.6 Å². The molecule has 0 heterocycles. The Balaban J connectivity index is 2.05. The summed E-state index contributed by atoms with van der Waals surface area (Å²) in [6.45, 7) is -0.0255. The van der Waals surface area contributed by atoms with Crippen LogP contribution in [0.15, 0.2) is 18.2 Å². The zero-order valence-electron chi connectivity index (χ0n) is 12.1. The molecule has 0 aliphatic heterocycles. The molecule has 3 nitrogen and oxygen atoms in total. The molecule has 0 radical (unpaired) electrons. The van der Waals surface area contributed by atoms with E-state index in [1.807, 2.05) is 6.07 Å². The molecule has 1 aliphatic carbocycles. The maximum atomic E-state index is 13.8. The van der Waals surface area contributed by atoms with Gasteiger partial charge in [-0.1, -0.05) is 31.7 Å². The summed E-state index contributed by atoms with van der Waals surface area (Å²) in [6.07, 6.45) is 7.31. The number of aliphatic hydroxyl groups excluding tert-OH is 1. The average Bonchev–Trinajstić information content (AvgIpc) is 2.73. The van der Waals surface area contributed by atoms with Gasteiger partial charge in [-0.2, -0.15) is 0 Å². The van der Waals surface area contributed by atoms with Crippen LogP contribution in [0.5, 0.6) is 5.75 Å². The number of rotatable bonds is 5. The van der Waals surface area contributed by atoms with Crippen LogP contribution in [0.2, 0.25) is 0 Å². The fraction of sp³-hybridized carbons (Fsp3) is 0.625. The van der Waals surface area contributed by atoms with E-state index in [2.05, 4.69) is 5.32 Å². The standard InChI is InChI=1S/C16H24FNO2/c1-20-16-9-8-12(10-14(16)17)15(11-19)18-13-6-4-2-3-5-7-13/h8-10,13,15,18-19H,2-7,11H2,1H3. The second-order valence-electron chi connectivity index (χ2n) is 5.48. The molecule has 2 N–H and O–H groups in total. The lowest BCUT2D eigenvalue weighted by molar-refractivity contribution is 0.228. The van der Waals surface area contributed by atoms with Gasteiger partial charge in [0.1, 0.15) is 0 Å². The molecule has 0 saturated heterocycles. The van der Waals surface area contributed by atoms with Crippen LogP contribution in [0.4, 0.5) is 4.39 Å². The van der Waals surface area contributed by atoms with E-state index in [-0.39, 0.29) is 24.2 Å². The molecule has 1 fully saturated rings. The fourth-order valence-corrected chi connectivity index (χ4v) is 2.88. The van der Waals surface area contributed by atoms with Crippen molar-refractivity contribution in [2.24, 2.45) is 0 Å². The molecule has 2 rings (SSSR count). The number of aliphatic hydroxyl groups is 1. The molecule has 0 amide bonds. The molecule has 112 valence electrons. The van der Waals surface area contributed by atoms with Gasteiger partial charge in [0.15, 0.2) is 11.6 Å². The lowest BCUT2D eigenvalue weighted by Crippen LogP contribution is -2.34. The van der Waals surface area contributed by atoms with Crippen molar-refractivity contribution in [1.82, 2.24) is 5.32 Å². The van der Waals surface area contributed by atoms with Gasteiger partial charge in [0, 0.05) is 6.04 Å². The summed E-state index contributed by atoms with van der Waals surface area (Å²) in [5, 5.41) is 13.1. The lowest BCUT2D eigenvalue weighted by atomic mass is 10.0. The van der Waals surface area contributed by atoms with Crippen LogP contribution in [-0.4, -0.2) is 24.9 Å². The van der Waals surface area contributed by atoms with Crippen molar-refractivity contribution in [3.8, 4) is 5.75 Å². The van der Waals surface area contributed by atoms with E-state index in [0.717, 1.165) is 18.4 Å². The van der Waals surface area contributed by atoms with Gasteiger partial charge in [-0.05, 0) is 30.5 Å². The van der Waals surface area contributed by atoms with Gasteiger partial charge in [-0.25, -0.2) is 4.39 Å². The van der Waals surface area contributed by atoms with Crippen LogP contribution in [0.3, 0.4) is 0 Å². The van der Waals surface area contributed by atoms with Crippen molar-refractivity contribution in [3.63, 3.8) is 0 Å². The van der Waals surface area contributed by atoms with E-state index in [9.17, 15) is 9.50 Å². The summed E-state index contributed by atoms with van der Waals surface area (Å²) >= 11 is 0. The predicted molar refractivity (Wildman–Crippen MR) is 77.4 cm³/mol. The Morgan fingerprint density at radius 1 is 1.30 bits per heavy atom. The minimum Gasteiger partial charge on any atom is -0.494 e. The zero-order valence-corrected chi connectivity index (χ0v) is 12.1. The highest BCUT2D eigenvalue weighted by Gasteiger charge is 2.19. The first-order valence-electron chi connectivity index (χ1n) is 7.45. The van der Waals surface area contributed by atoms with Gasteiger partial charge in [0.25, 0.3) is 0 Å². The summed E-state index contributed by atoms with van der Waals surface area (Å²) in [5.74, 6) is -0.147. The number of halogens is 1. The highest BCUT2D eigenvalue weighted by molar-refractivity contribution is 5.31. The zero-order chi connectivity index (χ0) is 14.4. The van der Waals surface area contributed by atoms with Crippen LogP contribution in [0.1, 0.15) is 50.1 Å². The van der Waals surface area contributed by atoms with Crippen molar-refractivity contribution in [3.05, 3.63) is 29.6 Å². The maximum Gasteiger partial charge on any atom is 0.165 e. The van der Waals surface area contributed by atoms with Crippen LogP contribution in [-0.2, 0) is 0 Å². The number of hydrogen-bond acceptors (Lipinski definition) is 3. The third-order valence-electron chi connectivity index (χ3n) is 4.05. The van der Waals surface area contributed by atoms with Gasteiger partial charge in [-0.15, -0.1) is 0 Å². The number of benzene rings is 1. The molecule has 1 aromatic rings. The Hall–Kier alpha value is -1.13. The number of methoxy groups -OCH3 is 1. The Labute approximate surface area is 120 Å². The SMILES string of the molecule is COc1ccc(C(CO)NC2CCCCCC2)cc1F. The molecule has 1 aromatic carbocycles. The van der Waals surface area contributed by atoms with E-state index in [1.54, 1.807) is 6.07 Å². The van der Waals surface area contributed by atoms with E-state index in [0.29, 0.717) is 6.04 Å². The van der Waals surface area contributed by atoms with Crippen LogP contribution in [0.25, 0.3) is 0 Å². The topological polar surface area (TPSA) is 41.5 Å². The predicted octanol–water partition coefficient (Wildman–Crippen LogP) is 3.18. The van der Waals surface area contributed by atoms with Crippen molar-refractivity contribution in [1.29, 1.82) is 0 Å². The summed E-state index contributed by atoms with van der Waals surface area (Å²) in [6, 6.07) is 5.08. The molecule has 20 heavy (non-hydrogen) atoms. The highest BCUT2D eigenvalue weighted by Crippen LogP contribution is 2.24. The van der Waals surface area contributed by atoms with Crippen molar-refractivity contribution in [2.75, 3.05) is 13.7 Å². The van der Waals surface area contributed by atoms with Crippen LogP contribution < -0.4 is 10.1 Å². The molecule has 0 bridgehead atoms. The summed E-state index contributed by atoms with van der Waals surface area (Å²) in [4.78, 5) is 0. The number of nitrogens with one attached hydrogen (secondary N) is 1. The summed E-state index contributed by atoms with van der Waals surface area (Å²) in [7, 11) is 1.45. The molecule has 1 saturated carbocycles. The molecular formula is C16H24FNO2. The average molecular weight is 281 g/mol. The second-order valence-corrected chi connectivity index (χ2v) is 5.48. The normalized spacial score (nSPS) is 18.6. The van der Waals surface area contributed by atoms with Gasteiger partial charge < -0.3 is 15.2 Å². The van der Waals surface area contributed by atoms with Crippen LogP contribution in [0, 0.1) is 5.82 Å². The Morgan fingerprint density at radius 3 is 2.55 bits per heavy atom. The van der Waals surface area contributed by atoms with E-state index in [4.69, 9.17) is 4.74 Å². The summed E-state index contributed by atoms with van der Waals surface area (Å²) < 4.78 is 18.7. The molecule has 1 unspecified atom stereocenters. The van der Waals surface area contributed by atoms with E-state index in [1.165, 1.54) is 38.9 Å². The largest absolute Gasteiger partial charge is 0.494 e. The number of ether oxygens (including phenoxy) is 1. The van der Waals surface area contributed by atoms with E-state index >= 15 is 0 Å².